The van der Waals surface area contributed by atoms with Crippen LogP contribution in [-0.2, 0) is 11.2 Å². The van der Waals surface area contributed by atoms with Gasteiger partial charge in [-0.15, -0.1) is 45.5 Å². The zero-order valence-electron chi connectivity index (χ0n) is 18.8. The van der Waals surface area contributed by atoms with Gasteiger partial charge in [-0.05, 0) is 46.2 Å². The number of aromatic nitrogens is 4. The first-order chi connectivity index (χ1) is 15.0. The smallest absolute Gasteiger partial charge is 0.350 e. The van der Waals surface area contributed by atoms with E-state index in [1.54, 1.807) is 6.92 Å². The van der Waals surface area contributed by atoms with Crippen molar-refractivity contribution in [1.82, 2.24) is 30.2 Å². The summed E-state index contributed by atoms with van der Waals surface area (Å²) in [6, 6.07) is 5.77. The van der Waals surface area contributed by atoms with Crippen LogP contribution in [0.15, 0.2) is 29.4 Å². The maximum atomic E-state index is 12.1. The van der Waals surface area contributed by atoms with Gasteiger partial charge in [-0.2, -0.15) is 0 Å². The van der Waals surface area contributed by atoms with Crippen LogP contribution in [0.4, 0.5) is 0 Å². The Bertz CT molecular complexity index is 1050. The maximum absolute atomic E-state index is 12.1. The number of fused-ring (bicyclic) bond motifs is 1. The Morgan fingerprint density at radius 2 is 2.12 bits per heavy atom. The van der Waals surface area contributed by atoms with E-state index in [1.807, 2.05) is 49.6 Å². The van der Waals surface area contributed by atoms with Crippen LogP contribution in [0.1, 0.15) is 59.4 Å². The standard InChI is InChI=1S/C21H29N7O2S.HI/c1-5-22-21(23-12-9-11-17-27-26-16-10-7-8-13-28(16)17)25-15(4)19-24-14(3)18(31-19)20(29)30-6-2;/h7-8,10,13,15H,5-6,9,11-12H2,1-4H3,(H2,22,23,25);1H. The third-order valence-corrected chi connectivity index (χ3v) is 5.87. The van der Waals surface area contributed by atoms with E-state index in [0.717, 1.165) is 35.9 Å². The number of hydrogen-bond acceptors (Lipinski definition) is 7. The molecule has 0 spiro atoms. The number of hydrogen-bond donors (Lipinski definition) is 2. The van der Waals surface area contributed by atoms with Gasteiger partial charge in [0, 0.05) is 25.7 Å². The Morgan fingerprint density at radius 1 is 1.31 bits per heavy atom. The van der Waals surface area contributed by atoms with Gasteiger partial charge in [0.25, 0.3) is 0 Å². The minimum atomic E-state index is -0.322. The first kappa shape index (κ1) is 26.0. The van der Waals surface area contributed by atoms with Gasteiger partial charge in [0.2, 0.25) is 0 Å². The average Bonchev–Trinajstić information content (AvgIpc) is 3.35. The van der Waals surface area contributed by atoms with Gasteiger partial charge in [-0.25, -0.2) is 9.78 Å². The van der Waals surface area contributed by atoms with Crippen LogP contribution in [0, 0.1) is 6.92 Å². The third-order valence-electron chi connectivity index (χ3n) is 4.55. The molecule has 3 aromatic heterocycles. The Balaban J connectivity index is 0.00000363. The number of guanidine groups is 1. The fraction of sp³-hybridized carbons (Fsp3) is 0.476. The zero-order chi connectivity index (χ0) is 22.2. The summed E-state index contributed by atoms with van der Waals surface area (Å²) >= 11 is 1.35. The van der Waals surface area contributed by atoms with Crippen LogP contribution in [0.5, 0.6) is 0 Å². The first-order valence-corrected chi connectivity index (χ1v) is 11.3. The molecule has 11 heteroatoms. The Kier molecular flexibility index (Phi) is 10.3. The molecule has 0 fully saturated rings. The molecular weight excluding hydrogens is 541 g/mol. The summed E-state index contributed by atoms with van der Waals surface area (Å²) in [5.41, 5.74) is 1.54. The summed E-state index contributed by atoms with van der Waals surface area (Å²) < 4.78 is 7.11. The van der Waals surface area contributed by atoms with Gasteiger partial charge in [-0.3, -0.25) is 9.39 Å². The van der Waals surface area contributed by atoms with Crippen molar-refractivity contribution < 1.29 is 9.53 Å². The number of carbonyl (C=O) groups is 1. The minimum Gasteiger partial charge on any atom is -0.462 e. The molecule has 3 rings (SSSR count). The lowest BCUT2D eigenvalue weighted by Crippen LogP contribution is -2.38. The monoisotopic (exact) mass is 571 g/mol. The van der Waals surface area contributed by atoms with Crippen molar-refractivity contribution in [2.45, 2.75) is 46.6 Å². The molecule has 3 heterocycles. The molecule has 0 aliphatic heterocycles. The molecule has 3 aromatic rings. The van der Waals surface area contributed by atoms with Crippen LogP contribution in [0.3, 0.4) is 0 Å². The fourth-order valence-corrected chi connectivity index (χ4v) is 4.03. The highest BCUT2D eigenvalue weighted by molar-refractivity contribution is 14.0. The van der Waals surface area contributed by atoms with E-state index in [-0.39, 0.29) is 36.0 Å². The lowest BCUT2D eigenvalue weighted by atomic mass is 10.3. The van der Waals surface area contributed by atoms with Crippen LogP contribution >= 0.6 is 35.3 Å². The van der Waals surface area contributed by atoms with Crippen molar-refractivity contribution >= 4 is 52.9 Å². The molecule has 0 amide bonds. The number of nitrogens with one attached hydrogen (secondary N) is 2. The van der Waals surface area contributed by atoms with E-state index in [9.17, 15) is 4.79 Å². The molecule has 0 saturated carbocycles. The van der Waals surface area contributed by atoms with Crippen molar-refractivity contribution in [1.29, 1.82) is 0 Å². The van der Waals surface area contributed by atoms with Crippen LogP contribution in [-0.4, -0.2) is 51.2 Å². The Hall–Kier alpha value is -2.28. The first-order valence-electron chi connectivity index (χ1n) is 10.5. The van der Waals surface area contributed by atoms with Crippen LogP contribution in [0.2, 0.25) is 0 Å². The summed E-state index contributed by atoms with van der Waals surface area (Å²) in [5.74, 6) is 1.33. The number of halogens is 1. The number of thiazole rings is 1. The van der Waals surface area contributed by atoms with Crippen molar-refractivity contribution in [3.05, 3.63) is 45.8 Å². The van der Waals surface area contributed by atoms with Crippen LogP contribution in [0.25, 0.3) is 5.65 Å². The second-order valence-electron chi connectivity index (χ2n) is 6.96. The molecule has 1 unspecified atom stereocenters. The highest BCUT2D eigenvalue weighted by Crippen LogP contribution is 2.24. The fourth-order valence-electron chi connectivity index (χ4n) is 3.06. The number of carbonyl (C=O) groups excluding carboxylic acids is 1. The number of aliphatic imine (C=N–C) groups is 1. The molecule has 9 nitrogen and oxygen atoms in total. The summed E-state index contributed by atoms with van der Waals surface area (Å²) in [4.78, 5) is 21.8. The topological polar surface area (TPSA) is 106 Å². The molecular formula is C21H30IN7O2S. The van der Waals surface area contributed by atoms with Crippen molar-refractivity contribution in [3.63, 3.8) is 0 Å². The number of nitrogens with zero attached hydrogens (tertiary/aromatic N) is 5. The van der Waals surface area contributed by atoms with Gasteiger partial charge in [-0.1, -0.05) is 6.07 Å². The molecule has 174 valence electrons. The average molecular weight is 571 g/mol. The summed E-state index contributed by atoms with van der Waals surface area (Å²) in [5, 5.41) is 15.9. The number of ether oxygens (including phenoxy) is 1. The molecule has 0 bridgehead atoms. The zero-order valence-corrected chi connectivity index (χ0v) is 21.9. The number of esters is 1. The normalized spacial score (nSPS) is 12.3. The largest absolute Gasteiger partial charge is 0.462 e. The summed E-state index contributed by atoms with van der Waals surface area (Å²) in [6.45, 7) is 9.39. The summed E-state index contributed by atoms with van der Waals surface area (Å²) in [7, 11) is 0. The lowest BCUT2D eigenvalue weighted by Gasteiger charge is -2.16. The maximum Gasteiger partial charge on any atom is 0.350 e. The lowest BCUT2D eigenvalue weighted by molar-refractivity contribution is 0.0531. The highest BCUT2D eigenvalue weighted by atomic mass is 127. The molecule has 0 radical (unpaired) electrons. The molecule has 0 aliphatic carbocycles. The van der Waals surface area contributed by atoms with E-state index in [0.29, 0.717) is 29.7 Å². The number of pyridine rings is 1. The van der Waals surface area contributed by atoms with E-state index >= 15 is 0 Å². The van der Waals surface area contributed by atoms with E-state index < -0.39 is 0 Å². The molecule has 0 saturated heterocycles. The molecule has 0 aromatic carbocycles. The Morgan fingerprint density at radius 3 is 2.88 bits per heavy atom. The van der Waals surface area contributed by atoms with Gasteiger partial charge in [0.1, 0.15) is 15.7 Å². The van der Waals surface area contributed by atoms with Gasteiger partial charge in [0.05, 0.1) is 18.3 Å². The summed E-state index contributed by atoms with van der Waals surface area (Å²) in [6.07, 6.45) is 3.62. The predicted octanol–water partition coefficient (Wildman–Crippen LogP) is 3.54. The SMILES string of the molecule is CCNC(=NCCCc1nnc2ccccn12)NC(C)c1nc(C)c(C(=O)OCC)s1.I. The molecule has 2 N–H and O–H groups in total. The van der Waals surface area contributed by atoms with Crippen molar-refractivity contribution in [2.24, 2.45) is 4.99 Å². The highest BCUT2D eigenvalue weighted by Gasteiger charge is 2.20. The molecule has 1 atom stereocenters. The van der Waals surface area contributed by atoms with Crippen molar-refractivity contribution in [3.8, 4) is 0 Å². The quantitative estimate of drug-likeness (QED) is 0.133. The van der Waals surface area contributed by atoms with Crippen LogP contribution < -0.4 is 10.6 Å². The number of aryl methyl sites for hydroxylation is 2. The van der Waals surface area contributed by atoms with Gasteiger partial charge >= 0.3 is 5.97 Å². The van der Waals surface area contributed by atoms with E-state index in [1.165, 1.54) is 11.3 Å². The van der Waals surface area contributed by atoms with E-state index in [4.69, 9.17) is 4.74 Å². The van der Waals surface area contributed by atoms with E-state index in [2.05, 4.69) is 30.8 Å². The van der Waals surface area contributed by atoms with Gasteiger partial charge < -0.3 is 15.4 Å². The second-order valence-corrected chi connectivity index (χ2v) is 7.99. The minimum absolute atomic E-state index is 0. The molecule has 0 aliphatic rings. The molecule has 32 heavy (non-hydrogen) atoms. The van der Waals surface area contributed by atoms with Crippen molar-refractivity contribution in [2.75, 3.05) is 19.7 Å². The van der Waals surface area contributed by atoms with Gasteiger partial charge in [0.15, 0.2) is 11.6 Å². The third kappa shape index (κ3) is 6.61. The predicted molar refractivity (Wildman–Crippen MR) is 137 cm³/mol. The number of rotatable bonds is 9. The Labute approximate surface area is 209 Å². The second kappa shape index (κ2) is 12.7.